The summed E-state index contributed by atoms with van der Waals surface area (Å²) >= 11 is 0. The van der Waals surface area contributed by atoms with Crippen molar-refractivity contribution >= 4 is 0 Å². The van der Waals surface area contributed by atoms with Crippen molar-refractivity contribution in [2.75, 3.05) is 7.11 Å². The summed E-state index contributed by atoms with van der Waals surface area (Å²) in [7, 11) is 1.38. The molecule has 0 aliphatic carbocycles. The number of alkyl halides is 3. The fourth-order valence-electron chi connectivity index (χ4n) is 1.29. The molecule has 0 radical (unpaired) electrons. The number of methoxy groups -OCH3 is 1. The van der Waals surface area contributed by atoms with E-state index < -0.39 is 17.5 Å². The van der Waals surface area contributed by atoms with Gasteiger partial charge in [0.15, 0.2) is 0 Å². The minimum Gasteiger partial charge on any atom is -0.481 e. The Morgan fingerprint density at radius 1 is 1.35 bits per heavy atom. The van der Waals surface area contributed by atoms with E-state index in [1.807, 2.05) is 0 Å². The first kappa shape index (κ1) is 14.2. The van der Waals surface area contributed by atoms with Crippen molar-refractivity contribution in [3.63, 3.8) is 0 Å². The van der Waals surface area contributed by atoms with Crippen LogP contribution in [0.5, 0.6) is 5.88 Å². The molecule has 0 aromatic carbocycles. The van der Waals surface area contributed by atoms with E-state index in [4.69, 9.17) is 4.74 Å². The number of aliphatic hydroxyl groups is 1. The maximum absolute atomic E-state index is 12.7. The molecule has 0 saturated carbocycles. The summed E-state index contributed by atoms with van der Waals surface area (Å²) in [6, 6.07) is 1.47. The average molecular weight is 289 g/mol. The second-order valence-corrected chi connectivity index (χ2v) is 4.02. The van der Waals surface area contributed by atoms with Gasteiger partial charge in [-0.2, -0.15) is 22.8 Å². The van der Waals surface area contributed by atoms with Crippen LogP contribution in [0, 0.1) is 0 Å². The Morgan fingerprint density at radius 3 is 2.65 bits per heavy atom. The fraction of sp³-hybridized carbons (Fsp3) is 0.400. The van der Waals surface area contributed by atoms with Crippen molar-refractivity contribution in [1.29, 1.82) is 0 Å². The van der Waals surface area contributed by atoms with Crippen LogP contribution in [0.2, 0.25) is 0 Å². The lowest BCUT2D eigenvalue weighted by Gasteiger charge is -2.23. The normalized spacial score (nSPS) is 14.9. The standard InChI is InChI=1S/C10H10F3N5O2/c1-9(19,10(11,12)13)6-5-18(17-16-6)8-14-4-3-7(15-8)20-2/h3-5,19H,1-2H3. The van der Waals surface area contributed by atoms with Crippen molar-refractivity contribution in [1.82, 2.24) is 25.0 Å². The molecule has 0 spiro atoms. The highest BCUT2D eigenvalue weighted by Crippen LogP contribution is 2.37. The third-order valence-electron chi connectivity index (χ3n) is 2.58. The van der Waals surface area contributed by atoms with Gasteiger partial charge in [-0.1, -0.05) is 5.21 Å². The van der Waals surface area contributed by atoms with E-state index in [1.54, 1.807) is 0 Å². The summed E-state index contributed by atoms with van der Waals surface area (Å²) in [5, 5.41) is 16.3. The Kier molecular flexibility index (Phi) is 3.34. The minimum absolute atomic E-state index is 0.0268. The van der Waals surface area contributed by atoms with Gasteiger partial charge in [-0.05, 0) is 6.92 Å². The molecule has 7 nitrogen and oxygen atoms in total. The van der Waals surface area contributed by atoms with E-state index in [0.29, 0.717) is 6.92 Å². The van der Waals surface area contributed by atoms with Crippen LogP contribution in [0.3, 0.4) is 0 Å². The lowest BCUT2D eigenvalue weighted by molar-refractivity contribution is -0.260. The van der Waals surface area contributed by atoms with Crippen molar-refractivity contribution in [2.24, 2.45) is 0 Å². The molecule has 0 amide bonds. The van der Waals surface area contributed by atoms with Crippen molar-refractivity contribution in [3.8, 4) is 11.8 Å². The first-order valence-electron chi connectivity index (χ1n) is 5.35. The highest BCUT2D eigenvalue weighted by molar-refractivity contribution is 5.19. The van der Waals surface area contributed by atoms with E-state index in [9.17, 15) is 18.3 Å². The van der Waals surface area contributed by atoms with Crippen LogP contribution in [0.25, 0.3) is 5.95 Å². The molecular formula is C10H10F3N5O2. The van der Waals surface area contributed by atoms with Crippen LogP contribution in [-0.4, -0.2) is 43.4 Å². The number of hydrogen-bond acceptors (Lipinski definition) is 6. The van der Waals surface area contributed by atoms with E-state index in [0.717, 1.165) is 10.9 Å². The van der Waals surface area contributed by atoms with E-state index in [2.05, 4.69) is 20.3 Å². The largest absolute Gasteiger partial charge is 0.481 e. The topological polar surface area (TPSA) is 86.0 Å². The first-order valence-corrected chi connectivity index (χ1v) is 5.35. The lowest BCUT2D eigenvalue weighted by Crippen LogP contribution is -2.39. The molecule has 0 saturated heterocycles. The van der Waals surface area contributed by atoms with Gasteiger partial charge in [0.05, 0.1) is 13.3 Å². The molecule has 1 unspecified atom stereocenters. The molecule has 2 aromatic heterocycles. The molecule has 20 heavy (non-hydrogen) atoms. The highest BCUT2D eigenvalue weighted by Gasteiger charge is 2.53. The molecule has 108 valence electrons. The Bertz CT molecular complexity index is 611. The van der Waals surface area contributed by atoms with Gasteiger partial charge in [0, 0.05) is 12.3 Å². The summed E-state index contributed by atoms with van der Waals surface area (Å²) in [4.78, 5) is 7.70. The SMILES string of the molecule is COc1ccnc(-n2cc(C(C)(O)C(F)(F)F)nn2)n1. The van der Waals surface area contributed by atoms with Gasteiger partial charge in [-0.3, -0.25) is 0 Å². The smallest absolute Gasteiger partial charge is 0.422 e. The molecule has 0 fully saturated rings. The molecule has 1 N–H and O–H groups in total. The zero-order chi connectivity index (χ0) is 15.0. The monoisotopic (exact) mass is 289 g/mol. The number of rotatable bonds is 3. The second kappa shape index (κ2) is 4.71. The molecule has 2 rings (SSSR count). The summed E-state index contributed by atoms with van der Waals surface area (Å²) in [6.45, 7) is 0.591. The number of ether oxygens (including phenoxy) is 1. The van der Waals surface area contributed by atoms with Crippen LogP contribution in [-0.2, 0) is 5.60 Å². The maximum atomic E-state index is 12.7. The third kappa shape index (κ3) is 2.41. The van der Waals surface area contributed by atoms with Gasteiger partial charge in [-0.25, -0.2) is 4.98 Å². The Morgan fingerprint density at radius 2 is 2.05 bits per heavy atom. The predicted molar refractivity (Wildman–Crippen MR) is 59.1 cm³/mol. The van der Waals surface area contributed by atoms with Crippen LogP contribution in [0.4, 0.5) is 13.2 Å². The van der Waals surface area contributed by atoms with Gasteiger partial charge in [0.1, 0.15) is 5.69 Å². The molecule has 2 aromatic rings. The van der Waals surface area contributed by atoms with E-state index in [-0.39, 0.29) is 11.8 Å². The number of nitrogens with zero attached hydrogens (tertiary/aromatic N) is 5. The number of aromatic nitrogens is 5. The summed E-state index contributed by atoms with van der Waals surface area (Å²) in [5.41, 5.74) is -3.76. The fourth-order valence-corrected chi connectivity index (χ4v) is 1.29. The van der Waals surface area contributed by atoms with E-state index in [1.165, 1.54) is 19.4 Å². The first-order chi connectivity index (χ1) is 9.25. The number of halogens is 3. The molecule has 2 heterocycles. The highest BCUT2D eigenvalue weighted by atomic mass is 19.4. The van der Waals surface area contributed by atoms with Crippen LogP contribution < -0.4 is 4.74 Å². The number of hydrogen-bond donors (Lipinski definition) is 1. The molecule has 0 aliphatic heterocycles. The van der Waals surface area contributed by atoms with Gasteiger partial charge in [0.2, 0.25) is 11.5 Å². The third-order valence-corrected chi connectivity index (χ3v) is 2.58. The Labute approximate surface area is 111 Å². The van der Waals surface area contributed by atoms with Crippen LogP contribution >= 0.6 is 0 Å². The van der Waals surface area contributed by atoms with Crippen LogP contribution in [0.1, 0.15) is 12.6 Å². The average Bonchev–Trinajstić information content (AvgIpc) is 2.87. The summed E-state index contributed by atoms with van der Waals surface area (Å²) in [6.07, 6.45) is -2.62. The molecule has 0 bridgehead atoms. The molecule has 0 aliphatic rings. The second-order valence-electron chi connectivity index (χ2n) is 4.02. The van der Waals surface area contributed by atoms with Crippen LogP contribution in [0.15, 0.2) is 18.5 Å². The minimum atomic E-state index is -4.87. The Balaban J connectivity index is 2.38. The summed E-state index contributed by atoms with van der Waals surface area (Å²) < 4.78 is 43.8. The zero-order valence-electron chi connectivity index (χ0n) is 10.5. The maximum Gasteiger partial charge on any atom is 0.422 e. The predicted octanol–water partition coefficient (Wildman–Crippen LogP) is 0.836. The quantitative estimate of drug-likeness (QED) is 0.901. The van der Waals surface area contributed by atoms with Crippen molar-refractivity contribution in [2.45, 2.75) is 18.7 Å². The molecule has 10 heteroatoms. The summed E-state index contributed by atoms with van der Waals surface area (Å²) in [5.74, 6) is 0.190. The van der Waals surface area contributed by atoms with Crippen molar-refractivity contribution < 1.29 is 23.0 Å². The van der Waals surface area contributed by atoms with Gasteiger partial charge in [-0.15, -0.1) is 5.10 Å². The van der Waals surface area contributed by atoms with Gasteiger partial charge in [0.25, 0.3) is 5.95 Å². The van der Waals surface area contributed by atoms with Gasteiger partial charge >= 0.3 is 6.18 Å². The van der Waals surface area contributed by atoms with Gasteiger partial charge < -0.3 is 9.84 Å². The van der Waals surface area contributed by atoms with E-state index >= 15 is 0 Å². The lowest BCUT2D eigenvalue weighted by atomic mass is 10.0. The van der Waals surface area contributed by atoms with Crippen molar-refractivity contribution in [3.05, 3.63) is 24.2 Å². The molecule has 1 atom stereocenters. The molecular weight excluding hydrogens is 279 g/mol. The zero-order valence-corrected chi connectivity index (χ0v) is 10.5. The Hall–Kier alpha value is -2.23.